The van der Waals surface area contributed by atoms with E-state index in [1.807, 2.05) is 46.8 Å². The van der Waals surface area contributed by atoms with Gasteiger partial charge in [0.25, 0.3) is 0 Å². The molecule has 4 nitrogen and oxygen atoms in total. The van der Waals surface area contributed by atoms with Gasteiger partial charge in [0, 0.05) is 0 Å². The molecular formula is C16H24O4. The van der Waals surface area contributed by atoms with E-state index in [-0.39, 0.29) is 11.7 Å². The van der Waals surface area contributed by atoms with Crippen LogP contribution in [0.2, 0.25) is 0 Å². The van der Waals surface area contributed by atoms with Gasteiger partial charge in [0.2, 0.25) is 0 Å². The van der Waals surface area contributed by atoms with E-state index in [9.17, 15) is 4.79 Å². The maximum atomic E-state index is 11.9. The Kier molecular flexibility index (Phi) is 5.72. The zero-order chi connectivity index (χ0) is 15.3. The SMILES string of the molecule is Cc1ccc(C(=O)OOC(C)COC(C)(C)C)c(C)c1. The highest BCUT2D eigenvalue weighted by molar-refractivity contribution is 5.90. The van der Waals surface area contributed by atoms with Crippen LogP contribution in [0.25, 0.3) is 0 Å². The van der Waals surface area contributed by atoms with Crippen LogP contribution >= 0.6 is 0 Å². The monoisotopic (exact) mass is 280 g/mol. The van der Waals surface area contributed by atoms with E-state index in [4.69, 9.17) is 14.5 Å². The fourth-order valence-corrected chi connectivity index (χ4v) is 1.61. The van der Waals surface area contributed by atoms with Gasteiger partial charge in [-0.25, -0.2) is 4.79 Å². The first-order valence-corrected chi connectivity index (χ1v) is 6.78. The molecular weight excluding hydrogens is 256 g/mol. The minimum atomic E-state index is -0.481. The minimum Gasteiger partial charge on any atom is -0.373 e. The van der Waals surface area contributed by atoms with Crippen molar-refractivity contribution in [2.24, 2.45) is 0 Å². The summed E-state index contributed by atoms with van der Waals surface area (Å²) in [7, 11) is 0. The van der Waals surface area contributed by atoms with Gasteiger partial charge in [0.1, 0.15) is 6.10 Å². The normalized spacial score (nSPS) is 13.1. The van der Waals surface area contributed by atoms with Crippen molar-refractivity contribution in [1.82, 2.24) is 0 Å². The Hall–Kier alpha value is -1.39. The van der Waals surface area contributed by atoms with Gasteiger partial charge in [-0.1, -0.05) is 17.7 Å². The Balaban J connectivity index is 2.47. The lowest BCUT2D eigenvalue weighted by Gasteiger charge is -2.21. The highest BCUT2D eigenvalue weighted by Crippen LogP contribution is 2.13. The second kappa shape index (κ2) is 6.86. The standard InChI is InChI=1S/C16H24O4/c1-11-7-8-14(12(2)9-11)15(17)20-19-13(3)10-18-16(4,5)6/h7-9,13H,10H2,1-6H3. The maximum absolute atomic E-state index is 11.9. The van der Waals surface area contributed by atoms with Crippen LogP contribution in [-0.4, -0.2) is 24.3 Å². The molecule has 1 atom stereocenters. The van der Waals surface area contributed by atoms with Crippen LogP contribution in [0, 0.1) is 13.8 Å². The predicted octanol–water partition coefficient (Wildman–Crippen LogP) is 3.60. The van der Waals surface area contributed by atoms with Crippen LogP contribution in [0.15, 0.2) is 18.2 Å². The summed E-state index contributed by atoms with van der Waals surface area (Å²) in [6.45, 7) is 11.9. The third-order valence-corrected chi connectivity index (χ3v) is 2.64. The van der Waals surface area contributed by atoms with E-state index < -0.39 is 5.97 Å². The molecule has 0 fully saturated rings. The Morgan fingerprint density at radius 2 is 1.90 bits per heavy atom. The molecule has 0 amide bonds. The molecule has 4 heteroatoms. The second-order valence-electron chi connectivity index (χ2n) is 6.02. The summed E-state index contributed by atoms with van der Waals surface area (Å²) < 4.78 is 5.55. The van der Waals surface area contributed by atoms with Crippen molar-refractivity contribution in [3.05, 3.63) is 34.9 Å². The van der Waals surface area contributed by atoms with E-state index >= 15 is 0 Å². The van der Waals surface area contributed by atoms with Crippen molar-refractivity contribution in [2.45, 2.75) is 53.2 Å². The van der Waals surface area contributed by atoms with E-state index in [1.165, 1.54) is 0 Å². The summed E-state index contributed by atoms with van der Waals surface area (Å²) in [6, 6.07) is 5.55. The highest BCUT2D eigenvalue weighted by atomic mass is 17.2. The quantitative estimate of drug-likeness (QED) is 0.610. The molecule has 0 aliphatic rings. The lowest BCUT2D eigenvalue weighted by Crippen LogP contribution is -2.27. The Morgan fingerprint density at radius 1 is 1.25 bits per heavy atom. The lowest BCUT2D eigenvalue weighted by atomic mass is 10.1. The first-order chi connectivity index (χ1) is 9.19. The van der Waals surface area contributed by atoms with Crippen LogP contribution in [0.4, 0.5) is 0 Å². The average Bonchev–Trinajstić information content (AvgIpc) is 2.32. The average molecular weight is 280 g/mol. The third-order valence-electron chi connectivity index (χ3n) is 2.64. The zero-order valence-electron chi connectivity index (χ0n) is 13.1. The summed E-state index contributed by atoms with van der Waals surface area (Å²) in [5, 5.41) is 0. The van der Waals surface area contributed by atoms with Crippen molar-refractivity contribution >= 4 is 5.97 Å². The van der Waals surface area contributed by atoms with Gasteiger partial charge < -0.3 is 4.74 Å². The Bertz CT molecular complexity index is 460. The highest BCUT2D eigenvalue weighted by Gasteiger charge is 2.16. The molecule has 1 aromatic rings. The molecule has 0 aromatic heterocycles. The Labute approximate surface area is 121 Å². The summed E-state index contributed by atoms with van der Waals surface area (Å²) in [5.74, 6) is -0.481. The fourth-order valence-electron chi connectivity index (χ4n) is 1.61. The molecule has 0 N–H and O–H groups in total. The number of carbonyl (C=O) groups excluding carboxylic acids is 1. The third kappa shape index (κ3) is 5.72. The molecule has 0 aliphatic heterocycles. The van der Waals surface area contributed by atoms with Gasteiger partial charge in [-0.3, -0.25) is 4.89 Å². The second-order valence-corrected chi connectivity index (χ2v) is 6.02. The molecule has 1 aromatic carbocycles. The zero-order valence-corrected chi connectivity index (χ0v) is 13.1. The molecule has 0 saturated carbocycles. The first-order valence-electron chi connectivity index (χ1n) is 6.78. The van der Waals surface area contributed by atoms with Crippen molar-refractivity contribution in [3.8, 4) is 0 Å². The molecule has 0 radical (unpaired) electrons. The molecule has 0 spiro atoms. The Morgan fingerprint density at radius 3 is 2.45 bits per heavy atom. The van der Waals surface area contributed by atoms with Crippen molar-refractivity contribution in [3.63, 3.8) is 0 Å². The first kappa shape index (κ1) is 16.7. The molecule has 0 saturated heterocycles. The van der Waals surface area contributed by atoms with Crippen LogP contribution < -0.4 is 0 Å². The van der Waals surface area contributed by atoms with E-state index in [2.05, 4.69) is 0 Å². The number of hydrogen-bond acceptors (Lipinski definition) is 4. The van der Waals surface area contributed by atoms with Gasteiger partial charge >= 0.3 is 5.97 Å². The van der Waals surface area contributed by atoms with Gasteiger partial charge in [-0.15, -0.1) is 0 Å². The van der Waals surface area contributed by atoms with Gasteiger partial charge in [-0.2, -0.15) is 4.89 Å². The molecule has 0 heterocycles. The van der Waals surface area contributed by atoms with Gasteiger partial charge in [0.05, 0.1) is 17.8 Å². The van der Waals surface area contributed by atoms with Crippen molar-refractivity contribution in [1.29, 1.82) is 0 Å². The van der Waals surface area contributed by atoms with E-state index in [1.54, 1.807) is 13.0 Å². The number of hydrogen-bond donors (Lipinski definition) is 0. The largest absolute Gasteiger partial charge is 0.373 e. The van der Waals surface area contributed by atoms with E-state index in [0.717, 1.165) is 11.1 Å². The number of aryl methyl sites for hydroxylation is 2. The molecule has 0 aliphatic carbocycles. The van der Waals surface area contributed by atoms with Crippen LogP contribution in [0.5, 0.6) is 0 Å². The number of benzene rings is 1. The molecule has 0 bridgehead atoms. The molecule has 20 heavy (non-hydrogen) atoms. The summed E-state index contributed by atoms with van der Waals surface area (Å²) >= 11 is 0. The lowest BCUT2D eigenvalue weighted by molar-refractivity contribution is -0.282. The molecule has 1 unspecified atom stereocenters. The minimum absolute atomic E-state index is 0.241. The van der Waals surface area contributed by atoms with Gasteiger partial charge in [-0.05, 0) is 53.2 Å². The number of carbonyl (C=O) groups is 1. The summed E-state index contributed by atoms with van der Waals surface area (Å²) in [4.78, 5) is 21.8. The smallest absolute Gasteiger partial charge is 0.373 e. The van der Waals surface area contributed by atoms with Crippen LogP contribution in [0.3, 0.4) is 0 Å². The van der Waals surface area contributed by atoms with Crippen molar-refractivity contribution in [2.75, 3.05) is 6.61 Å². The summed E-state index contributed by atoms with van der Waals surface area (Å²) in [5.41, 5.74) is 2.25. The van der Waals surface area contributed by atoms with E-state index in [0.29, 0.717) is 12.2 Å². The topological polar surface area (TPSA) is 44.8 Å². The summed E-state index contributed by atoms with van der Waals surface area (Å²) in [6.07, 6.45) is -0.316. The number of rotatable bonds is 5. The van der Waals surface area contributed by atoms with Crippen LogP contribution in [0.1, 0.15) is 49.2 Å². The predicted molar refractivity (Wildman–Crippen MR) is 77.6 cm³/mol. The van der Waals surface area contributed by atoms with Crippen molar-refractivity contribution < 1.29 is 19.3 Å². The maximum Gasteiger partial charge on any atom is 0.373 e. The van der Waals surface area contributed by atoms with Gasteiger partial charge in [0.15, 0.2) is 0 Å². The van der Waals surface area contributed by atoms with Crippen LogP contribution in [-0.2, 0) is 14.5 Å². The molecule has 112 valence electrons. The number of ether oxygens (including phenoxy) is 1. The molecule has 1 rings (SSSR count). The fraction of sp³-hybridized carbons (Fsp3) is 0.562.